The van der Waals surface area contributed by atoms with Crippen LogP contribution in [-0.2, 0) is 0 Å². The lowest BCUT2D eigenvalue weighted by molar-refractivity contribution is 0.414. The first-order valence-corrected chi connectivity index (χ1v) is 12.7. The molecule has 6 rings (SSSR count). The molecule has 6 aromatic carbocycles. The summed E-state index contributed by atoms with van der Waals surface area (Å²) in [6.45, 7) is -3.26. The molecule has 0 fully saturated rings. The molecular weight excluding hydrogens is 713 g/mol. The summed E-state index contributed by atoms with van der Waals surface area (Å²) in [5, 5.41) is -12.7. The molecule has 0 aromatic heterocycles. The van der Waals surface area contributed by atoms with E-state index in [4.69, 9.17) is 0 Å². The smallest absolute Gasteiger partial charge is 0.204 e. The number of hydrogen-bond acceptors (Lipinski definition) is 0. The summed E-state index contributed by atoms with van der Waals surface area (Å²) in [4.78, 5) is 0. The first kappa shape index (κ1) is 33.8. The second kappa shape index (κ2) is 11.2. The fourth-order valence-electron chi connectivity index (χ4n) is 5.69. The molecule has 0 radical (unpaired) electrons. The highest BCUT2D eigenvalue weighted by molar-refractivity contribution is 6.99. The van der Waals surface area contributed by atoms with E-state index >= 15 is 26.3 Å². The van der Waals surface area contributed by atoms with Crippen molar-refractivity contribution in [3.05, 3.63) is 123 Å². The monoisotopic (exact) mass is 716 g/mol. The van der Waals surface area contributed by atoms with Crippen LogP contribution in [0.3, 0.4) is 0 Å². The summed E-state index contributed by atoms with van der Waals surface area (Å²) in [7, 11) is 0. The van der Waals surface area contributed by atoms with E-state index in [1.165, 1.54) is 0 Å². The average molecular weight is 716 g/mol. The molecule has 0 bridgehead atoms. The molecule has 0 unspecified atom stereocenters. The third kappa shape index (κ3) is 4.46. The van der Waals surface area contributed by atoms with Crippen molar-refractivity contribution in [2.24, 2.45) is 0 Å². The molecule has 0 nitrogen and oxygen atoms in total. The first-order valence-electron chi connectivity index (χ1n) is 12.7. The number of halogens is 18. The van der Waals surface area contributed by atoms with Crippen LogP contribution in [0.15, 0.2) is 18.2 Å². The molecule has 252 valence electrons. The Morgan fingerprint density at radius 1 is 0.224 bits per heavy atom. The van der Waals surface area contributed by atoms with Gasteiger partial charge < -0.3 is 0 Å². The second-order valence-electron chi connectivity index (χ2n) is 10.2. The van der Waals surface area contributed by atoms with Gasteiger partial charge in [0.1, 0.15) is 0 Å². The highest BCUT2D eigenvalue weighted by Gasteiger charge is 2.39. The topological polar surface area (TPSA) is 0 Å². The summed E-state index contributed by atoms with van der Waals surface area (Å²) in [5.41, 5.74) is -5.34. The molecule has 0 saturated heterocycles. The maximum atomic E-state index is 15.4. The molecule has 0 amide bonds. The fourth-order valence-corrected chi connectivity index (χ4v) is 5.69. The van der Waals surface area contributed by atoms with E-state index in [-0.39, 0.29) is 18.2 Å². The van der Waals surface area contributed by atoms with Crippen molar-refractivity contribution in [2.75, 3.05) is 0 Å². The summed E-state index contributed by atoms with van der Waals surface area (Å²) >= 11 is 0. The Bertz CT molecular complexity index is 2220. The van der Waals surface area contributed by atoms with E-state index in [2.05, 4.69) is 0 Å². The van der Waals surface area contributed by atoms with E-state index < -0.39 is 160 Å². The molecule has 6 aromatic rings. The second-order valence-corrected chi connectivity index (χ2v) is 10.2. The molecule has 49 heavy (non-hydrogen) atoms. The Hall–Kier alpha value is -5.10. The summed E-state index contributed by atoms with van der Waals surface area (Å²) in [6, 6.07) is -1.11. The molecule has 0 aliphatic rings. The van der Waals surface area contributed by atoms with Crippen molar-refractivity contribution < 1.29 is 79.0 Å². The Morgan fingerprint density at radius 3 is 0.612 bits per heavy atom. The highest BCUT2D eigenvalue weighted by atomic mass is 19.2. The maximum absolute atomic E-state index is 15.4. The lowest BCUT2D eigenvalue weighted by atomic mass is 9.35. The minimum Gasteiger partial charge on any atom is -0.204 e. The molecular formula is C30H3BF18. The zero-order valence-corrected chi connectivity index (χ0v) is 22.6. The van der Waals surface area contributed by atoms with Gasteiger partial charge >= 0.3 is 0 Å². The van der Waals surface area contributed by atoms with E-state index in [0.29, 0.717) is 0 Å². The lowest BCUT2D eigenvalue weighted by Gasteiger charge is -2.24. The van der Waals surface area contributed by atoms with Crippen molar-refractivity contribution >= 4 is 55.4 Å². The van der Waals surface area contributed by atoms with Gasteiger partial charge in [0, 0.05) is 16.2 Å². The van der Waals surface area contributed by atoms with Crippen molar-refractivity contribution in [3.8, 4) is 0 Å². The molecule has 0 atom stereocenters. The van der Waals surface area contributed by atoms with Crippen LogP contribution in [0.2, 0.25) is 0 Å². The van der Waals surface area contributed by atoms with E-state index in [1.54, 1.807) is 0 Å². The minimum atomic E-state index is -3.26. The van der Waals surface area contributed by atoms with Crippen molar-refractivity contribution in [3.63, 3.8) is 0 Å². The van der Waals surface area contributed by atoms with Crippen LogP contribution in [0.1, 0.15) is 0 Å². The molecule has 0 aliphatic heterocycles. The molecule has 0 saturated carbocycles. The van der Waals surface area contributed by atoms with Gasteiger partial charge in [0.15, 0.2) is 105 Å². The van der Waals surface area contributed by atoms with Gasteiger partial charge in [0.05, 0.1) is 16.2 Å². The van der Waals surface area contributed by atoms with Crippen molar-refractivity contribution in [1.29, 1.82) is 0 Å². The van der Waals surface area contributed by atoms with Gasteiger partial charge in [-0.2, -0.15) is 0 Å². The summed E-state index contributed by atoms with van der Waals surface area (Å²) in [5.74, 6) is -48.2. The third-order valence-corrected chi connectivity index (χ3v) is 7.73. The zero-order valence-electron chi connectivity index (χ0n) is 22.6. The Kier molecular flexibility index (Phi) is 7.75. The van der Waals surface area contributed by atoms with Gasteiger partial charge in [-0.3, -0.25) is 0 Å². The van der Waals surface area contributed by atoms with Gasteiger partial charge in [-0.1, -0.05) is 16.4 Å². The standard InChI is InChI=1S/C30H3BF18/c32-7-1-4(10-13(16(7)35)22(41)28(47)25(44)19(10)38)31(5-2-8(33)17(36)14-11(5)20(39)26(45)29(48)23(14)42)6-3-9(34)18(37)15-12(6)21(40)27(46)30(49)24(15)43/h1-3H. The van der Waals surface area contributed by atoms with Crippen LogP contribution < -0.4 is 16.4 Å². The van der Waals surface area contributed by atoms with Crippen LogP contribution in [0.25, 0.3) is 32.3 Å². The predicted octanol–water partition coefficient (Wildman–Crippen LogP) is 8.17. The Morgan fingerprint density at radius 2 is 0.408 bits per heavy atom. The Labute approximate surface area is 257 Å². The third-order valence-electron chi connectivity index (χ3n) is 7.73. The molecule has 0 aliphatic carbocycles. The molecule has 0 spiro atoms. The normalized spacial score (nSPS) is 11.9. The van der Waals surface area contributed by atoms with Gasteiger partial charge in [-0.15, -0.1) is 0 Å². The van der Waals surface area contributed by atoms with Crippen molar-refractivity contribution in [1.82, 2.24) is 0 Å². The predicted molar refractivity (Wildman–Crippen MR) is 136 cm³/mol. The van der Waals surface area contributed by atoms with Crippen LogP contribution in [0.5, 0.6) is 0 Å². The van der Waals surface area contributed by atoms with Crippen LogP contribution in [0.4, 0.5) is 79.0 Å². The average Bonchev–Trinajstić information content (AvgIpc) is 3.06. The number of benzene rings is 6. The zero-order chi connectivity index (χ0) is 36.3. The SMILES string of the molecule is Fc1cc(B(c2cc(F)c(F)c3c(F)c(F)c(F)c(F)c23)c2cc(F)c(F)c3c(F)c(F)c(F)c(F)c23)c2c(F)c(F)c(F)c(F)c2c1F. The number of rotatable bonds is 3. The van der Waals surface area contributed by atoms with Gasteiger partial charge in [0.25, 0.3) is 0 Å². The van der Waals surface area contributed by atoms with Crippen LogP contribution in [-0.4, -0.2) is 6.71 Å². The van der Waals surface area contributed by atoms with Gasteiger partial charge in [-0.05, 0) is 18.2 Å². The van der Waals surface area contributed by atoms with Gasteiger partial charge in [-0.25, -0.2) is 79.0 Å². The number of fused-ring (bicyclic) bond motifs is 3. The number of hydrogen-bond donors (Lipinski definition) is 0. The van der Waals surface area contributed by atoms with Crippen LogP contribution >= 0.6 is 0 Å². The van der Waals surface area contributed by atoms with Gasteiger partial charge in [0.2, 0.25) is 6.71 Å². The largest absolute Gasteiger partial charge is 0.244 e. The van der Waals surface area contributed by atoms with E-state index in [9.17, 15) is 52.7 Å². The Balaban J connectivity index is 2.01. The van der Waals surface area contributed by atoms with E-state index in [0.717, 1.165) is 0 Å². The maximum Gasteiger partial charge on any atom is 0.244 e. The molecule has 0 N–H and O–H groups in total. The summed E-state index contributed by atoms with van der Waals surface area (Å²) < 4.78 is 267. The fraction of sp³-hybridized carbons (Fsp3) is 0. The lowest BCUT2D eigenvalue weighted by Crippen LogP contribution is -2.54. The minimum absolute atomic E-state index is 0.370. The van der Waals surface area contributed by atoms with Crippen LogP contribution in [0, 0.1) is 105 Å². The quantitative estimate of drug-likeness (QED) is 0.0751. The summed E-state index contributed by atoms with van der Waals surface area (Å²) in [6.07, 6.45) is 0. The molecule has 0 heterocycles. The highest BCUT2D eigenvalue weighted by Crippen LogP contribution is 2.34. The first-order chi connectivity index (χ1) is 22.8. The van der Waals surface area contributed by atoms with Crippen molar-refractivity contribution in [2.45, 2.75) is 0 Å². The van der Waals surface area contributed by atoms with E-state index in [1.807, 2.05) is 0 Å². The molecule has 19 heteroatoms.